The summed E-state index contributed by atoms with van der Waals surface area (Å²) in [5, 5.41) is 5.65. The van der Waals surface area contributed by atoms with Gasteiger partial charge in [0.2, 0.25) is 0 Å². The molecule has 2 heteroatoms. The van der Waals surface area contributed by atoms with Crippen LogP contribution in [0, 0.1) is 13.8 Å². The minimum atomic E-state index is 0.929. The Morgan fingerprint density at radius 2 is 0.838 bits per heavy atom. The molecular formula is C35H28N2. The van der Waals surface area contributed by atoms with E-state index in [1.807, 2.05) is 0 Å². The molecule has 0 atom stereocenters. The quantitative estimate of drug-likeness (QED) is 0.247. The Morgan fingerprint density at radius 3 is 1.30 bits per heavy atom. The van der Waals surface area contributed by atoms with E-state index in [0.29, 0.717) is 0 Å². The highest BCUT2D eigenvalue weighted by Gasteiger charge is 2.12. The summed E-state index contributed by atoms with van der Waals surface area (Å²) in [5.41, 5.74) is 6.78. The molecule has 0 aromatic heterocycles. The van der Waals surface area contributed by atoms with Gasteiger partial charge in [0, 0.05) is 27.8 Å². The second-order valence-corrected chi connectivity index (χ2v) is 9.49. The molecule has 0 bridgehead atoms. The van der Waals surface area contributed by atoms with E-state index in [1.165, 1.54) is 21.9 Å². The molecule has 0 amide bonds. The van der Waals surface area contributed by atoms with Crippen LogP contribution < -0.4 is 10.3 Å². The highest BCUT2D eigenvalue weighted by atomic mass is 15.1. The largest absolute Gasteiger partial charge is 0.311 e. The van der Waals surface area contributed by atoms with Gasteiger partial charge < -0.3 is 4.90 Å². The number of fused-ring (bicyclic) bond motifs is 2. The summed E-state index contributed by atoms with van der Waals surface area (Å²) in [6.07, 6.45) is 0. The average molecular weight is 477 g/mol. The fourth-order valence-electron chi connectivity index (χ4n) is 4.80. The smallest absolute Gasteiger partial charge is 0.0793 e. The van der Waals surface area contributed by atoms with Crippen molar-refractivity contribution in [2.75, 3.05) is 4.90 Å². The standard InChI is InChI=1S/C35H28N2/c1-25-11-19-30(20-12-25)37(31-21-13-26(2)14-22-31)32-23-17-29(18-24-32)36-35-33-9-5-3-7-27(33)15-16-28-8-4-6-10-34(28)35/h3-24H,1-2H3. The van der Waals surface area contributed by atoms with Crippen molar-refractivity contribution in [2.24, 2.45) is 4.99 Å². The first-order chi connectivity index (χ1) is 18.2. The topological polar surface area (TPSA) is 15.6 Å². The number of benzene rings is 5. The molecule has 0 saturated carbocycles. The van der Waals surface area contributed by atoms with E-state index in [1.54, 1.807) is 0 Å². The molecule has 0 aliphatic carbocycles. The van der Waals surface area contributed by atoms with E-state index in [0.717, 1.165) is 38.9 Å². The van der Waals surface area contributed by atoms with Crippen LogP contribution >= 0.6 is 0 Å². The van der Waals surface area contributed by atoms with Gasteiger partial charge in [0.05, 0.1) is 11.0 Å². The van der Waals surface area contributed by atoms with Gasteiger partial charge in [0.15, 0.2) is 0 Å². The third-order valence-electron chi connectivity index (χ3n) is 6.81. The fourth-order valence-corrected chi connectivity index (χ4v) is 4.80. The molecule has 2 nitrogen and oxygen atoms in total. The first-order valence-electron chi connectivity index (χ1n) is 12.6. The van der Waals surface area contributed by atoms with Gasteiger partial charge in [-0.2, -0.15) is 0 Å². The predicted molar refractivity (Wildman–Crippen MR) is 157 cm³/mol. The van der Waals surface area contributed by atoms with Crippen molar-refractivity contribution in [3.8, 4) is 0 Å². The molecule has 0 aliphatic heterocycles. The summed E-state index contributed by atoms with van der Waals surface area (Å²) < 4.78 is 0. The summed E-state index contributed by atoms with van der Waals surface area (Å²) in [4.78, 5) is 7.48. The number of rotatable bonds is 4. The van der Waals surface area contributed by atoms with Gasteiger partial charge in [-0.25, -0.2) is 4.99 Å². The van der Waals surface area contributed by atoms with Gasteiger partial charge in [0.1, 0.15) is 0 Å². The van der Waals surface area contributed by atoms with Crippen molar-refractivity contribution in [3.05, 3.63) is 150 Å². The predicted octanol–water partition coefficient (Wildman–Crippen LogP) is 9.31. The van der Waals surface area contributed by atoms with Crippen molar-refractivity contribution in [3.63, 3.8) is 0 Å². The summed E-state index contributed by atoms with van der Waals surface area (Å²) in [7, 11) is 0. The minimum absolute atomic E-state index is 0.929. The van der Waals surface area contributed by atoms with Crippen molar-refractivity contribution < 1.29 is 0 Å². The van der Waals surface area contributed by atoms with Crippen LogP contribution in [-0.2, 0) is 0 Å². The van der Waals surface area contributed by atoms with Crippen LogP contribution in [0.15, 0.2) is 138 Å². The van der Waals surface area contributed by atoms with Crippen LogP contribution in [0.25, 0.3) is 21.5 Å². The molecule has 0 unspecified atom stereocenters. The molecule has 0 radical (unpaired) electrons. The Morgan fingerprint density at radius 1 is 0.432 bits per heavy atom. The van der Waals surface area contributed by atoms with Crippen molar-refractivity contribution >= 4 is 44.3 Å². The molecule has 0 fully saturated rings. The fraction of sp³-hybridized carbons (Fsp3) is 0.0571. The Hall–Kier alpha value is -4.69. The van der Waals surface area contributed by atoms with Gasteiger partial charge >= 0.3 is 0 Å². The normalized spacial score (nSPS) is 11.0. The number of hydrogen-bond donors (Lipinski definition) is 0. The molecule has 0 aliphatic rings. The van der Waals surface area contributed by atoms with Gasteiger partial charge in [0.25, 0.3) is 0 Å². The number of hydrogen-bond acceptors (Lipinski definition) is 2. The SMILES string of the molecule is Cc1ccc(N(c2ccc(C)cc2)c2ccc(N=c3c4ccccc4ccc4ccccc34)cc2)cc1. The second-order valence-electron chi connectivity index (χ2n) is 9.49. The summed E-state index contributed by atoms with van der Waals surface area (Å²) in [6.45, 7) is 4.24. The summed E-state index contributed by atoms with van der Waals surface area (Å²) in [5.74, 6) is 0. The molecule has 37 heavy (non-hydrogen) atoms. The lowest BCUT2D eigenvalue weighted by Crippen LogP contribution is -2.09. The summed E-state index contributed by atoms with van der Waals surface area (Å²) in [6, 6.07) is 47.2. The van der Waals surface area contributed by atoms with Gasteiger partial charge in [-0.05, 0) is 73.2 Å². The van der Waals surface area contributed by atoms with Gasteiger partial charge in [-0.3, -0.25) is 0 Å². The van der Waals surface area contributed by atoms with E-state index in [4.69, 9.17) is 4.99 Å². The third kappa shape index (κ3) is 4.62. The van der Waals surface area contributed by atoms with Gasteiger partial charge in [-0.15, -0.1) is 0 Å². The van der Waals surface area contributed by atoms with Crippen LogP contribution in [0.2, 0.25) is 0 Å². The van der Waals surface area contributed by atoms with Crippen molar-refractivity contribution in [1.29, 1.82) is 0 Å². The van der Waals surface area contributed by atoms with E-state index >= 15 is 0 Å². The highest BCUT2D eigenvalue weighted by molar-refractivity contribution is 5.93. The Labute approximate surface area is 217 Å². The van der Waals surface area contributed by atoms with E-state index < -0.39 is 0 Å². The molecule has 0 N–H and O–H groups in total. The Kier molecular flexibility index (Phi) is 6.00. The monoisotopic (exact) mass is 476 g/mol. The zero-order valence-corrected chi connectivity index (χ0v) is 21.1. The maximum absolute atomic E-state index is 5.19. The number of aryl methyl sites for hydroxylation is 2. The maximum atomic E-state index is 5.19. The second kappa shape index (κ2) is 9.75. The average Bonchev–Trinajstić information content (AvgIpc) is 3.09. The number of anilines is 3. The molecular weight excluding hydrogens is 448 g/mol. The van der Waals surface area contributed by atoms with E-state index in [2.05, 4.69) is 152 Å². The molecule has 178 valence electrons. The Bertz CT molecular complexity index is 1660. The molecule has 6 aromatic carbocycles. The van der Waals surface area contributed by atoms with E-state index in [-0.39, 0.29) is 0 Å². The maximum Gasteiger partial charge on any atom is 0.0793 e. The van der Waals surface area contributed by atoms with Crippen LogP contribution in [0.5, 0.6) is 0 Å². The molecule has 0 spiro atoms. The van der Waals surface area contributed by atoms with Crippen LogP contribution in [0.4, 0.5) is 22.7 Å². The lowest BCUT2D eigenvalue weighted by atomic mass is 10.1. The van der Waals surface area contributed by atoms with E-state index in [9.17, 15) is 0 Å². The first-order valence-corrected chi connectivity index (χ1v) is 12.6. The zero-order chi connectivity index (χ0) is 25.2. The van der Waals surface area contributed by atoms with Crippen LogP contribution in [0.1, 0.15) is 11.1 Å². The lowest BCUT2D eigenvalue weighted by Gasteiger charge is -2.25. The first kappa shape index (κ1) is 22.8. The van der Waals surface area contributed by atoms with Crippen molar-refractivity contribution in [1.82, 2.24) is 0 Å². The molecule has 0 saturated heterocycles. The van der Waals surface area contributed by atoms with Crippen LogP contribution in [-0.4, -0.2) is 0 Å². The molecule has 0 heterocycles. The minimum Gasteiger partial charge on any atom is -0.311 e. The Balaban J connectivity index is 1.50. The summed E-state index contributed by atoms with van der Waals surface area (Å²) >= 11 is 0. The molecule has 6 aromatic rings. The number of nitrogens with zero attached hydrogens (tertiary/aromatic N) is 2. The van der Waals surface area contributed by atoms with Crippen LogP contribution in [0.3, 0.4) is 0 Å². The highest BCUT2D eigenvalue weighted by Crippen LogP contribution is 2.35. The van der Waals surface area contributed by atoms with Gasteiger partial charge in [-0.1, -0.05) is 96.1 Å². The lowest BCUT2D eigenvalue weighted by molar-refractivity contribution is 1.26. The van der Waals surface area contributed by atoms with Crippen molar-refractivity contribution in [2.45, 2.75) is 13.8 Å². The zero-order valence-electron chi connectivity index (χ0n) is 21.1. The third-order valence-corrected chi connectivity index (χ3v) is 6.81. The molecule has 6 rings (SSSR count).